The molecule has 29 heavy (non-hydrogen) atoms. The van der Waals surface area contributed by atoms with E-state index in [-0.39, 0.29) is 6.61 Å². The van der Waals surface area contributed by atoms with Crippen LogP contribution in [0.5, 0.6) is 17.2 Å². The summed E-state index contributed by atoms with van der Waals surface area (Å²) < 4.78 is 20.6. The number of benzene rings is 2. The highest BCUT2D eigenvalue weighted by molar-refractivity contribution is 5.98. The number of esters is 1. The normalized spacial score (nSPS) is 11.1. The van der Waals surface area contributed by atoms with Gasteiger partial charge in [0, 0.05) is 5.56 Å². The van der Waals surface area contributed by atoms with Crippen molar-refractivity contribution in [3.8, 4) is 17.2 Å². The molecular formula is C21H23NO7. The number of carbonyl (C=O) groups is 3. The van der Waals surface area contributed by atoms with E-state index in [1.165, 1.54) is 27.2 Å². The molecule has 0 saturated heterocycles. The average molecular weight is 401 g/mol. The quantitative estimate of drug-likeness (QED) is 0.480. The van der Waals surface area contributed by atoms with E-state index in [1.807, 2.05) is 6.07 Å². The Balaban J connectivity index is 1.80. The van der Waals surface area contributed by atoms with Gasteiger partial charge in [0.25, 0.3) is 5.91 Å². The van der Waals surface area contributed by atoms with Crippen LogP contribution in [0.1, 0.15) is 17.3 Å². The lowest BCUT2D eigenvalue weighted by Gasteiger charge is -2.14. The standard InChI is InChI=1S/C21H23NO7/c1-14(22-20(24)13-28-16-7-5-4-6-8-16)21(25)29-12-17(23)15-9-10-18(26-2)19(11-15)27-3/h4-11,14H,12-13H2,1-3H3,(H,22,24)/t14-/m0/s1. The van der Waals surface area contributed by atoms with Gasteiger partial charge in [-0.15, -0.1) is 0 Å². The molecule has 0 radical (unpaired) electrons. The first-order valence-electron chi connectivity index (χ1n) is 8.83. The van der Waals surface area contributed by atoms with Gasteiger partial charge in [-0.1, -0.05) is 18.2 Å². The summed E-state index contributed by atoms with van der Waals surface area (Å²) in [6, 6.07) is 12.5. The highest BCUT2D eigenvalue weighted by Gasteiger charge is 2.19. The third-order valence-electron chi connectivity index (χ3n) is 3.90. The molecule has 8 heteroatoms. The van der Waals surface area contributed by atoms with Crippen molar-refractivity contribution < 1.29 is 33.3 Å². The summed E-state index contributed by atoms with van der Waals surface area (Å²) in [4.78, 5) is 36.2. The molecule has 0 unspecified atom stereocenters. The van der Waals surface area contributed by atoms with Crippen LogP contribution in [0.4, 0.5) is 0 Å². The van der Waals surface area contributed by atoms with Gasteiger partial charge in [-0.25, -0.2) is 4.79 Å². The van der Waals surface area contributed by atoms with Crippen LogP contribution in [0.2, 0.25) is 0 Å². The molecule has 2 rings (SSSR count). The number of hydrogen-bond acceptors (Lipinski definition) is 7. The van der Waals surface area contributed by atoms with E-state index < -0.39 is 30.3 Å². The predicted octanol–water partition coefficient (Wildman–Crippen LogP) is 2.01. The van der Waals surface area contributed by atoms with Crippen molar-refractivity contribution in [1.82, 2.24) is 5.32 Å². The monoisotopic (exact) mass is 401 g/mol. The zero-order valence-electron chi connectivity index (χ0n) is 16.5. The maximum Gasteiger partial charge on any atom is 0.328 e. The second-order valence-electron chi connectivity index (χ2n) is 5.99. The molecule has 0 aromatic heterocycles. The maximum atomic E-state index is 12.2. The first-order chi connectivity index (χ1) is 13.9. The number of carbonyl (C=O) groups excluding carboxylic acids is 3. The number of amides is 1. The Kier molecular flexibility index (Phi) is 8.02. The molecule has 2 aromatic rings. The fourth-order valence-corrected chi connectivity index (χ4v) is 2.36. The lowest BCUT2D eigenvalue weighted by molar-refractivity contribution is -0.146. The smallest absolute Gasteiger partial charge is 0.328 e. The molecule has 0 heterocycles. The molecule has 1 N–H and O–H groups in total. The van der Waals surface area contributed by atoms with Crippen molar-refractivity contribution >= 4 is 17.7 Å². The molecular weight excluding hydrogens is 378 g/mol. The SMILES string of the molecule is COc1ccc(C(=O)COC(=O)[C@H](C)NC(=O)COc2ccccc2)cc1OC. The number of para-hydroxylation sites is 1. The first kappa shape index (κ1) is 21.7. The van der Waals surface area contributed by atoms with Crippen molar-refractivity contribution in [2.75, 3.05) is 27.4 Å². The molecule has 0 aliphatic rings. The number of ketones is 1. The Bertz CT molecular complexity index is 851. The molecule has 0 fully saturated rings. The van der Waals surface area contributed by atoms with E-state index in [0.29, 0.717) is 22.8 Å². The van der Waals surface area contributed by atoms with Gasteiger partial charge in [-0.05, 0) is 37.3 Å². The highest BCUT2D eigenvalue weighted by Crippen LogP contribution is 2.27. The molecule has 8 nitrogen and oxygen atoms in total. The van der Waals surface area contributed by atoms with Crippen molar-refractivity contribution in [2.24, 2.45) is 0 Å². The number of nitrogens with one attached hydrogen (secondary N) is 1. The van der Waals surface area contributed by atoms with Crippen molar-refractivity contribution in [3.63, 3.8) is 0 Å². The molecule has 0 aliphatic carbocycles. The van der Waals surface area contributed by atoms with Crippen LogP contribution < -0.4 is 19.5 Å². The molecule has 154 valence electrons. The van der Waals surface area contributed by atoms with E-state index in [1.54, 1.807) is 36.4 Å². The fourth-order valence-electron chi connectivity index (χ4n) is 2.36. The summed E-state index contributed by atoms with van der Waals surface area (Å²) >= 11 is 0. The van der Waals surface area contributed by atoms with Gasteiger partial charge >= 0.3 is 5.97 Å². The Labute approximate surface area is 168 Å². The van der Waals surface area contributed by atoms with Gasteiger partial charge in [-0.3, -0.25) is 9.59 Å². The molecule has 1 atom stereocenters. The Morgan fingerprint density at radius 3 is 2.28 bits per heavy atom. The van der Waals surface area contributed by atoms with Crippen LogP contribution in [-0.4, -0.2) is 51.1 Å². The maximum absolute atomic E-state index is 12.2. The lowest BCUT2D eigenvalue weighted by Crippen LogP contribution is -2.42. The van der Waals surface area contributed by atoms with E-state index in [0.717, 1.165) is 0 Å². The minimum Gasteiger partial charge on any atom is -0.493 e. The van der Waals surface area contributed by atoms with E-state index in [2.05, 4.69) is 5.32 Å². The predicted molar refractivity (Wildman–Crippen MR) is 104 cm³/mol. The van der Waals surface area contributed by atoms with Crippen molar-refractivity contribution in [2.45, 2.75) is 13.0 Å². The molecule has 0 saturated carbocycles. The van der Waals surface area contributed by atoms with Crippen LogP contribution >= 0.6 is 0 Å². The first-order valence-corrected chi connectivity index (χ1v) is 8.83. The van der Waals surface area contributed by atoms with Crippen LogP contribution in [0.15, 0.2) is 48.5 Å². The zero-order chi connectivity index (χ0) is 21.2. The Morgan fingerprint density at radius 1 is 0.931 bits per heavy atom. The second-order valence-corrected chi connectivity index (χ2v) is 5.99. The van der Waals surface area contributed by atoms with E-state index in [9.17, 15) is 14.4 Å². The van der Waals surface area contributed by atoms with Crippen LogP contribution in [-0.2, 0) is 14.3 Å². The summed E-state index contributed by atoms with van der Waals surface area (Å²) in [5.41, 5.74) is 0.309. The number of methoxy groups -OCH3 is 2. The minimum atomic E-state index is -0.930. The molecule has 0 aliphatic heterocycles. The summed E-state index contributed by atoms with van der Waals surface area (Å²) in [5.74, 6) is -0.209. The van der Waals surface area contributed by atoms with E-state index >= 15 is 0 Å². The second kappa shape index (κ2) is 10.7. The van der Waals surface area contributed by atoms with Crippen molar-refractivity contribution in [1.29, 1.82) is 0 Å². The van der Waals surface area contributed by atoms with Gasteiger partial charge in [-0.2, -0.15) is 0 Å². The van der Waals surface area contributed by atoms with Crippen LogP contribution in [0.25, 0.3) is 0 Å². The van der Waals surface area contributed by atoms with Gasteiger partial charge in [0.15, 0.2) is 30.5 Å². The van der Waals surface area contributed by atoms with Crippen LogP contribution in [0.3, 0.4) is 0 Å². The number of hydrogen-bond donors (Lipinski definition) is 1. The topological polar surface area (TPSA) is 100 Å². The highest BCUT2D eigenvalue weighted by atomic mass is 16.5. The number of rotatable bonds is 10. The fraction of sp³-hybridized carbons (Fsp3) is 0.286. The molecule has 1 amide bonds. The van der Waals surface area contributed by atoms with Gasteiger partial charge < -0.3 is 24.3 Å². The number of Topliss-reactive ketones (excluding diaryl/α,β-unsaturated/α-hetero) is 1. The van der Waals surface area contributed by atoms with Crippen LogP contribution in [0, 0.1) is 0 Å². The largest absolute Gasteiger partial charge is 0.493 e. The minimum absolute atomic E-state index is 0.244. The summed E-state index contributed by atoms with van der Waals surface area (Å²) in [6.07, 6.45) is 0. The Hall–Kier alpha value is -3.55. The summed E-state index contributed by atoms with van der Waals surface area (Å²) in [5, 5.41) is 2.46. The summed E-state index contributed by atoms with van der Waals surface area (Å²) in [6.45, 7) is 0.755. The number of ether oxygens (including phenoxy) is 4. The molecule has 2 aromatic carbocycles. The zero-order valence-corrected chi connectivity index (χ0v) is 16.5. The Morgan fingerprint density at radius 2 is 1.62 bits per heavy atom. The van der Waals surface area contributed by atoms with Gasteiger partial charge in [0.2, 0.25) is 0 Å². The molecule has 0 spiro atoms. The molecule has 0 bridgehead atoms. The third-order valence-corrected chi connectivity index (χ3v) is 3.90. The van der Waals surface area contributed by atoms with Gasteiger partial charge in [0.05, 0.1) is 14.2 Å². The average Bonchev–Trinajstić information content (AvgIpc) is 2.75. The van der Waals surface area contributed by atoms with Crippen molar-refractivity contribution in [3.05, 3.63) is 54.1 Å². The summed E-state index contributed by atoms with van der Waals surface area (Å²) in [7, 11) is 2.94. The third kappa shape index (κ3) is 6.53. The lowest BCUT2D eigenvalue weighted by atomic mass is 10.1. The van der Waals surface area contributed by atoms with Gasteiger partial charge in [0.1, 0.15) is 11.8 Å². The van der Waals surface area contributed by atoms with E-state index in [4.69, 9.17) is 18.9 Å².